The fourth-order valence-corrected chi connectivity index (χ4v) is 2.84. The molecule has 1 unspecified atom stereocenters. The maximum absolute atomic E-state index is 12.8. The minimum absolute atomic E-state index is 0.0676. The number of nitrogens with zero attached hydrogens (tertiary/aromatic N) is 1. The van der Waals surface area contributed by atoms with Crippen molar-refractivity contribution in [1.29, 1.82) is 0 Å². The summed E-state index contributed by atoms with van der Waals surface area (Å²) in [6.45, 7) is 8.18. The first-order valence-corrected chi connectivity index (χ1v) is 9.03. The van der Waals surface area contributed by atoms with Crippen molar-refractivity contribution in [3.8, 4) is 0 Å². The van der Waals surface area contributed by atoms with E-state index >= 15 is 0 Å². The van der Waals surface area contributed by atoms with Crippen LogP contribution in [-0.4, -0.2) is 16.9 Å². The number of hydrogen-bond acceptors (Lipinski definition) is 3. The molecule has 4 heteroatoms. The van der Waals surface area contributed by atoms with Crippen LogP contribution in [-0.2, 0) is 0 Å². The second-order valence-electron chi connectivity index (χ2n) is 6.80. The Morgan fingerprint density at radius 2 is 1.88 bits per heavy atom. The van der Waals surface area contributed by atoms with Gasteiger partial charge in [0.05, 0.1) is 11.1 Å². The minimum Gasteiger partial charge on any atom is -0.350 e. The van der Waals surface area contributed by atoms with Gasteiger partial charge in [0.25, 0.3) is 5.91 Å². The zero-order valence-electron chi connectivity index (χ0n) is 15.8. The van der Waals surface area contributed by atoms with Gasteiger partial charge < -0.3 is 10.6 Å². The molecule has 0 aliphatic carbocycles. The van der Waals surface area contributed by atoms with Gasteiger partial charge in [-0.25, -0.2) is 4.98 Å². The molecule has 0 radical (unpaired) electrons. The van der Waals surface area contributed by atoms with Crippen LogP contribution in [0.15, 0.2) is 48.5 Å². The lowest BCUT2D eigenvalue weighted by Gasteiger charge is -2.15. The van der Waals surface area contributed by atoms with Crippen LogP contribution in [0.5, 0.6) is 0 Å². The second-order valence-corrected chi connectivity index (χ2v) is 6.80. The van der Waals surface area contributed by atoms with Gasteiger partial charge in [-0.3, -0.25) is 4.79 Å². The Morgan fingerprint density at radius 1 is 1.12 bits per heavy atom. The number of para-hydroxylation sites is 1. The van der Waals surface area contributed by atoms with Crippen molar-refractivity contribution in [3.05, 3.63) is 65.2 Å². The minimum atomic E-state index is -0.0676. The van der Waals surface area contributed by atoms with Crippen molar-refractivity contribution in [2.75, 3.05) is 5.32 Å². The highest BCUT2D eigenvalue weighted by atomic mass is 16.1. The number of pyridine rings is 1. The SMILES string of the molecule is CCC(C)NC(=O)c1cc(Nc2cc(C)ccc2C)nc2ccccc12. The fourth-order valence-electron chi connectivity index (χ4n) is 2.84. The van der Waals surface area contributed by atoms with E-state index in [0.29, 0.717) is 11.4 Å². The van der Waals surface area contributed by atoms with Crippen molar-refractivity contribution in [3.63, 3.8) is 0 Å². The molecule has 26 heavy (non-hydrogen) atoms. The third-order valence-corrected chi connectivity index (χ3v) is 4.61. The first-order valence-electron chi connectivity index (χ1n) is 9.03. The van der Waals surface area contributed by atoms with Crippen LogP contribution in [0, 0.1) is 13.8 Å². The number of aryl methyl sites for hydroxylation is 2. The third kappa shape index (κ3) is 3.85. The maximum atomic E-state index is 12.8. The van der Waals surface area contributed by atoms with E-state index in [9.17, 15) is 4.79 Å². The molecule has 4 nitrogen and oxygen atoms in total. The zero-order chi connectivity index (χ0) is 18.7. The van der Waals surface area contributed by atoms with E-state index in [1.54, 1.807) is 0 Å². The van der Waals surface area contributed by atoms with Crippen LogP contribution < -0.4 is 10.6 Å². The predicted molar refractivity (Wildman–Crippen MR) is 108 cm³/mol. The van der Waals surface area contributed by atoms with E-state index < -0.39 is 0 Å². The molecule has 0 saturated heterocycles. The summed E-state index contributed by atoms with van der Waals surface area (Å²) in [5, 5.41) is 7.29. The summed E-state index contributed by atoms with van der Waals surface area (Å²) >= 11 is 0. The Morgan fingerprint density at radius 3 is 2.65 bits per heavy atom. The molecule has 1 amide bonds. The Labute approximate surface area is 154 Å². The molecule has 1 atom stereocenters. The van der Waals surface area contributed by atoms with E-state index in [0.717, 1.165) is 28.6 Å². The quantitative estimate of drug-likeness (QED) is 0.673. The topological polar surface area (TPSA) is 54.0 Å². The van der Waals surface area contributed by atoms with Gasteiger partial charge in [0.1, 0.15) is 5.82 Å². The van der Waals surface area contributed by atoms with Gasteiger partial charge in [-0.2, -0.15) is 0 Å². The van der Waals surface area contributed by atoms with Crippen molar-refractivity contribution in [2.24, 2.45) is 0 Å². The number of nitrogens with one attached hydrogen (secondary N) is 2. The van der Waals surface area contributed by atoms with Crippen LogP contribution in [0.2, 0.25) is 0 Å². The van der Waals surface area contributed by atoms with Gasteiger partial charge in [-0.15, -0.1) is 0 Å². The highest BCUT2D eigenvalue weighted by Crippen LogP contribution is 2.25. The lowest BCUT2D eigenvalue weighted by molar-refractivity contribution is 0.0941. The van der Waals surface area contributed by atoms with Crippen LogP contribution >= 0.6 is 0 Å². The number of benzene rings is 2. The van der Waals surface area contributed by atoms with E-state index in [1.165, 1.54) is 5.56 Å². The average Bonchev–Trinajstić information content (AvgIpc) is 2.63. The summed E-state index contributed by atoms with van der Waals surface area (Å²) < 4.78 is 0. The molecule has 2 N–H and O–H groups in total. The summed E-state index contributed by atoms with van der Waals surface area (Å²) in [6.07, 6.45) is 0.891. The molecule has 0 spiro atoms. The monoisotopic (exact) mass is 347 g/mol. The summed E-state index contributed by atoms with van der Waals surface area (Å²) in [7, 11) is 0. The molecular weight excluding hydrogens is 322 g/mol. The molecule has 1 aromatic heterocycles. The first-order chi connectivity index (χ1) is 12.5. The van der Waals surface area contributed by atoms with Crippen molar-refractivity contribution < 1.29 is 4.79 Å². The van der Waals surface area contributed by atoms with E-state index in [2.05, 4.69) is 49.6 Å². The fraction of sp³-hybridized carbons (Fsp3) is 0.273. The molecule has 0 saturated carbocycles. The van der Waals surface area contributed by atoms with E-state index in [4.69, 9.17) is 4.98 Å². The smallest absolute Gasteiger partial charge is 0.252 e. The Bertz CT molecular complexity index is 949. The number of aromatic nitrogens is 1. The molecule has 0 bridgehead atoms. The van der Waals surface area contributed by atoms with Crippen LogP contribution in [0.3, 0.4) is 0 Å². The summed E-state index contributed by atoms with van der Waals surface area (Å²) in [5.74, 6) is 0.605. The molecule has 0 aliphatic rings. The number of carbonyl (C=O) groups excluding carboxylic acids is 1. The Kier molecular flexibility index (Phi) is 5.21. The van der Waals surface area contributed by atoms with Gasteiger partial charge in [-0.05, 0) is 56.5 Å². The standard InChI is InChI=1S/C22H25N3O/c1-5-16(4)23-22(26)18-13-21(24-19-9-7-6-8-17(18)19)25-20-12-14(2)10-11-15(20)3/h6-13,16H,5H2,1-4H3,(H,23,26)(H,24,25). The van der Waals surface area contributed by atoms with Crippen molar-refractivity contribution >= 4 is 28.3 Å². The Hall–Kier alpha value is -2.88. The van der Waals surface area contributed by atoms with Gasteiger partial charge in [-0.1, -0.05) is 37.3 Å². The van der Waals surface area contributed by atoms with E-state index in [1.807, 2.05) is 37.3 Å². The van der Waals surface area contributed by atoms with Crippen LogP contribution in [0.1, 0.15) is 41.8 Å². The third-order valence-electron chi connectivity index (χ3n) is 4.61. The molecule has 1 heterocycles. The van der Waals surface area contributed by atoms with Crippen LogP contribution in [0.25, 0.3) is 10.9 Å². The van der Waals surface area contributed by atoms with Gasteiger partial charge in [0, 0.05) is 17.1 Å². The summed E-state index contributed by atoms with van der Waals surface area (Å²) in [5.41, 5.74) is 4.76. The molecule has 0 aliphatic heterocycles. The number of fused-ring (bicyclic) bond motifs is 1. The predicted octanol–water partition coefficient (Wildman–Crippen LogP) is 5.12. The van der Waals surface area contributed by atoms with Crippen LogP contribution in [0.4, 0.5) is 11.5 Å². The summed E-state index contributed by atoms with van der Waals surface area (Å²) in [6, 6.07) is 16.0. The molecule has 2 aromatic carbocycles. The maximum Gasteiger partial charge on any atom is 0.252 e. The molecule has 0 fully saturated rings. The number of anilines is 2. The molecular formula is C22H25N3O. The Balaban J connectivity index is 2.04. The zero-order valence-corrected chi connectivity index (χ0v) is 15.8. The first kappa shape index (κ1) is 17.9. The summed E-state index contributed by atoms with van der Waals surface area (Å²) in [4.78, 5) is 17.5. The second kappa shape index (κ2) is 7.56. The van der Waals surface area contributed by atoms with Crippen molar-refractivity contribution in [2.45, 2.75) is 40.2 Å². The van der Waals surface area contributed by atoms with Crippen molar-refractivity contribution in [1.82, 2.24) is 10.3 Å². The molecule has 134 valence electrons. The lowest BCUT2D eigenvalue weighted by Crippen LogP contribution is -2.32. The normalized spacial score (nSPS) is 12.0. The van der Waals surface area contributed by atoms with E-state index in [-0.39, 0.29) is 11.9 Å². The van der Waals surface area contributed by atoms with Gasteiger partial charge in [0.2, 0.25) is 0 Å². The number of hydrogen-bond donors (Lipinski definition) is 2. The number of rotatable bonds is 5. The highest BCUT2D eigenvalue weighted by molar-refractivity contribution is 6.07. The molecule has 3 rings (SSSR count). The molecule has 3 aromatic rings. The largest absolute Gasteiger partial charge is 0.350 e. The highest BCUT2D eigenvalue weighted by Gasteiger charge is 2.15. The number of carbonyl (C=O) groups is 1. The lowest BCUT2D eigenvalue weighted by atomic mass is 10.1. The average molecular weight is 347 g/mol. The van der Waals surface area contributed by atoms with Gasteiger partial charge in [0.15, 0.2) is 0 Å². The number of amides is 1. The van der Waals surface area contributed by atoms with Gasteiger partial charge >= 0.3 is 0 Å².